The van der Waals surface area contributed by atoms with Crippen molar-refractivity contribution in [3.63, 3.8) is 0 Å². The fourth-order valence-electron chi connectivity index (χ4n) is 4.29. The highest BCUT2D eigenvalue weighted by Crippen LogP contribution is 2.28. The molecule has 11 nitrogen and oxygen atoms in total. The number of carbonyl (C=O) groups excluding carboxylic acids is 1. The molecule has 4 aromatic rings. The van der Waals surface area contributed by atoms with Crippen molar-refractivity contribution in [3.8, 4) is 17.5 Å². The van der Waals surface area contributed by atoms with Gasteiger partial charge in [-0.3, -0.25) is 14.5 Å². The highest BCUT2D eigenvalue weighted by Gasteiger charge is 2.29. The Balaban J connectivity index is 1.48. The quantitative estimate of drug-likeness (QED) is 0.269. The molecule has 0 radical (unpaired) electrons. The van der Waals surface area contributed by atoms with E-state index in [0.29, 0.717) is 40.4 Å². The lowest BCUT2D eigenvalue weighted by molar-refractivity contribution is -0.00177. The highest BCUT2D eigenvalue weighted by atomic mass is 19.1. The number of hydrogen-bond donors (Lipinski definition) is 4. The number of nitrogens with one attached hydrogen (secondary N) is 3. The van der Waals surface area contributed by atoms with Gasteiger partial charge in [0, 0.05) is 25.5 Å². The molecule has 1 fully saturated rings. The zero-order chi connectivity index (χ0) is 27.7. The van der Waals surface area contributed by atoms with Gasteiger partial charge in [0.15, 0.2) is 0 Å². The van der Waals surface area contributed by atoms with Crippen LogP contribution in [0.25, 0.3) is 16.9 Å². The van der Waals surface area contributed by atoms with E-state index in [-0.39, 0.29) is 12.1 Å². The molecule has 0 saturated carbocycles. The van der Waals surface area contributed by atoms with E-state index in [1.165, 1.54) is 37.1 Å². The molecular formula is C26H27F2N9O2. The molecule has 0 aromatic carbocycles. The Labute approximate surface area is 222 Å². The molecule has 1 saturated heterocycles. The van der Waals surface area contributed by atoms with Gasteiger partial charge in [-0.15, -0.1) is 0 Å². The molecule has 5 rings (SSSR count). The standard InChI is InChI=1S/C26H27F2N9O2/c1-26(2,39)24(28)13-32-25(38)18-10-31-21(22-4-3-17-5-15(7-29)8-34-37(17)22)6-20(18)35-16-9-33-36(14-16)23-12-30-11-19(23)27/h3-6,8-10,14,19,23-24,30,39H,11-13H2,1-2H3,(H,31,35)(H,32,38)/t19-,23+,24-/m1/s1. The summed E-state index contributed by atoms with van der Waals surface area (Å²) in [5.41, 5.74) is 1.55. The lowest BCUT2D eigenvalue weighted by Gasteiger charge is -2.22. The monoisotopic (exact) mass is 535 g/mol. The third kappa shape index (κ3) is 5.43. The lowest BCUT2D eigenvalue weighted by atomic mass is 10.0. The van der Waals surface area contributed by atoms with Gasteiger partial charge >= 0.3 is 0 Å². The molecule has 1 amide bonds. The van der Waals surface area contributed by atoms with Crippen LogP contribution in [-0.4, -0.2) is 73.0 Å². The van der Waals surface area contributed by atoms with Crippen molar-refractivity contribution in [1.29, 1.82) is 5.26 Å². The summed E-state index contributed by atoms with van der Waals surface area (Å²) < 4.78 is 31.7. The van der Waals surface area contributed by atoms with E-state index in [0.717, 1.165) is 0 Å². The number of amides is 1. The van der Waals surface area contributed by atoms with Gasteiger partial charge in [-0.1, -0.05) is 0 Å². The molecular weight excluding hydrogens is 508 g/mol. The fraction of sp³-hybridized carbons (Fsp3) is 0.346. The maximum atomic E-state index is 14.3. The molecule has 13 heteroatoms. The second kappa shape index (κ2) is 10.4. The number of halogens is 2. The largest absolute Gasteiger partial charge is 0.387 e. The first kappa shape index (κ1) is 26.2. The Morgan fingerprint density at radius 3 is 2.82 bits per heavy atom. The predicted octanol–water partition coefficient (Wildman–Crippen LogP) is 2.53. The number of anilines is 2. The third-order valence-corrected chi connectivity index (χ3v) is 6.58. The van der Waals surface area contributed by atoms with Crippen LogP contribution in [0.4, 0.5) is 20.2 Å². The zero-order valence-corrected chi connectivity index (χ0v) is 21.3. The number of nitriles is 1. The van der Waals surface area contributed by atoms with Crippen LogP contribution in [0.15, 0.2) is 49.1 Å². The summed E-state index contributed by atoms with van der Waals surface area (Å²) in [4.78, 5) is 17.5. The summed E-state index contributed by atoms with van der Waals surface area (Å²) in [5.74, 6) is -0.600. The van der Waals surface area contributed by atoms with Crippen molar-refractivity contribution in [2.75, 3.05) is 25.0 Å². The van der Waals surface area contributed by atoms with E-state index in [1.54, 1.807) is 35.0 Å². The first-order valence-corrected chi connectivity index (χ1v) is 12.3. The van der Waals surface area contributed by atoms with Crippen molar-refractivity contribution in [3.05, 3.63) is 60.2 Å². The fourth-order valence-corrected chi connectivity index (χ4v) is 4.29. The lowest BCUT2D eigenvalue weighted by Crippen LogP contribution is -2.42. The maximum Gasteiger partial charge on any atom is 0.255 e. The predicted molar refractivity (Wildman–Crippen MR) is 139 cm³/mol. The summed E-state index contributed by atoms with van der Waals surface area (Å²) in [6.07, 6.45) is 3.21. The number of fused-ring (bicyclic) bond motifs is 1. The first-order chi connectivity index (χ1) is 18.6. The molecule has 39 heavy (non-hydrogen) atoms. The number of alkyl halides is 2. The number of nitrogens with zero attached hydrogens (tertiary/aromatic N) is 6. The maximum absolute atomic E-state index is 14.3. The van der Waals surface area contributed by atoms with Gasteiger partial charge in [0.1, 0.15) is 18.4 Å². The number of hydrogen-bond acceptors (Lipinski definition) is 8. The third-order valence-electron chi connectivity index (χ3n) is 6.58. The Kier molecular flexibility index (Phi) is 6.98. The molecule has 4 aromatic heterocycles. The minimum atomic E-state index is -1.69. The second-order valence-corrected chi connectivity index (χ2v) is 9.93. The molecule has 202 valence electrons. The normalized spacial score (nSPS) is 18.2. The van der Waals surface area contributed by atoms with Gasteiger partial charge < -0.3 is 21.1 Å². The van der Waals surface area contributed by atoms with Crippen molar-refractivity contribution in [2.45, 2.75) is 37.8 Å². The van der Waals surface area contributed by atoms with Crippen molar-refractivity contribution >= 4 is 22.8 Å². The molecule has 0 unspecified atom stereocenters. The summed E-state index contributed by atoms with van der Waals surface area (Å²) in [7, 11) is 0. The van der Waals surface area contributed by atoms with E-state index < -0.39 is 36.4 Å². The van der Waals surface area contributed by atoms with Crippen LogP contribution >= 0.6 is 0 Å². The Morgan fingerprint density at radius 1 is 1.28 bits per heavy atom. The molecule has 1 aliphatic rings. The topological polar surface area (TPSA) is 145 Å². The molecule has 3 atom stereocenters. The Hall–Kier alpha value is -4.41. The van der Waals surface area contributed by atoms with Crippen LogP contribution in [0, 0.1) is 11.3 Å². The van der Waals surface area contributed by atoms with Gasteiger partial charge in [0.2, 0.25) is 0 Å². The van der Waals surface area contributed by atoms with Crippen LogP contribution in [0.5, 0.6) is 0 Å². The van der Waals surface area contributed by atoms with Crippen LogP contribution < -0.4 is 16.0 Å². The van der Waals surface area contributed by atoms with Gasteiger partial charge in [-0.25, -0.2) is 13.3 Å². The number of aliphatic hydroxyl groups is 1. The SMILES string of the molecule is CC(C)(O)[C@H](F)CNC(=O)c1cnc(-c2ccc3cc(C#N)cnn23)cc1Nc1cnn([C@H]2CNC[C@H]2F)c1. The van der Waals surface area contributed by atoms with Gasteiger partial charge in [0.05, 0.1) is 70.0 Å². The summed E-state index contributed by atoms with van der Waals surface area (Å²) in [6, 6.07) is 8.53. The molecule has 1 aliphatic heterocycles. The van der Waals surface area contributed by atoms with Crippen LogP contribution in [0.2, 0.25) is 0 Å². The Bertz CT molecular complexity index is 1550. The van der Waals surface area contributed by atoms with E-state index in [1.807, 2.05) is 0 Å². The van der Waals surface area contributed by atoms with Gasteiger partial charge in [-0.05, 0) is 38.1 Å². The number of aromatic nitrogens is 5. The van der Waals surface area contributed by atoms with Crippen LogP contribution in [-0.2, 0) is 0 Å². The van der Waals surface area contributed by atoms with Crippen molar-refractivity contribution in [1.82, 2.24) is 35.0 Å². The minimum absolute atomic E-state index is 0.126. The highest BCUT2D eigenvalue weighted by molar-refractivity contribution is 6.00. The van der Waals surface area contributed by atoms with Crippen LogP contribution in [0.3, 0.4) is 0 Å². The number of pyridine rings is 1. The summed E-state index contributed by atoms with van der Waals surface area (Å²) >= 11 is 0. The average Bonchev–Trinajstić information content (AvgIpc) is 3.65. The average molecular weight is 536 g/mol. The summed E-state index contributed by atoms with van der Waals surface area (Å²) in [6.45, 7) is 2.94. The number of carbonyl (C=O) groups is 1. The molecule has 5 heterocycles. The smallest absolute Gasteiger partial charge is 0.255 e. The van der Waals surface area contributed by atoms with Crippen LogP contribution in [0.1, 0.15) is 35.8 Å². The Morgan fingerprint density at radius 2 is 2.10 bits per heavy atom. The van der Waals surface area contributed by atoms with Crippen molar-refractivity contribution < 1.29 is 18.7 Å². The van der Waals surface area contributed by atoms with E-state index in [4.69, 9.17) is 5.26 Å². The van der Waals surface area contributed by atoms with Gasteiger partial charge in [0.25, 0.3) is 5.91 Å². The van der Waals surface area contributed by atoms with E-state index in [9.17, 15) is 18.7 Å². The first-order valence-electron chi connectivity index (χ1n) is 12.3. The molecule has 0 spiro atoms. The molecule has 0 aliphatic carbocycles. The second-order valence-electron chi connectivity index (χ2n) is 9.93. The zero-order valence-electron chi connectivity index (χ0n) is 21.3. The minimum Gasteiger partial charge on any atom is -0.387 e. The summed E-state index contributed by atoms with van der Waals surface area (Å²) in [5, 5.41) is 36.3. The van der Waals surface area contributed by atoms with E-state index in [2.05, 4.69) is 37.2 Å². The molecule has 0 bridgehead atoms. The van der Waals surface area contributed by atoms with Crippen molar-refractivity contribution in [2.24, 2.45) is 0 Å². The molecule has 4 N–H and O–H groups in total. The van der Waals surface area contributed by atoms with E-state index >= 15 is 0 Å². The van der Waals surface area contributed by atoms with Gasteiger partial charge in [-0.2, -0.15) is 15.5 Å². The number of rotatable bonds is 8.